The fraction of sp³-hybridized carbons (Fsp3) is 0.786. The Kier molecular flexibility index (Phi) is 2.85. The quantitative estimate of drug-likeness (QED) is 0.810. The second kappa shape index (κ2) is 4.35. The first-order chi connectivity index (χ1) is 8.25. The molecule has 1 fully saturated rings. The summed E-state index contributed by atoms with van der Waals surface area (Å²) in [5, 5.41) is 0. The van der Waals surface area contributed by atoms with Crippen molar-refractivity contribution in [1.29, 1.82) is 0 Å². The average Bonchev–Trinajstić information content (AvgIpc) is 2.69. The van der Waals surface area contributed by atoms with Gasteiger partial charge in [-0.2, -0.15) is 0 Å². The molecule has 1 aliphatic carbocycles. The van der Waals surface area contributed by atoms with Crippen LogP contribution in [0.2, 0.25) is 0 Å². The molecule has 3 rings (SSSR count). The van der Waals surface area contributed by atoms with Crippen LogP contribution in [0.4, 0.5) is 5.82 Å². The van der Waals surface area contributed by atoms with Crippen LogP contribution in [0.1, 0.15) is 62.9 Å². The van der Waals surface area contributed by atoms with Gasteiger partial charge in [-0.15, -0.1) is 0 Å². The maximum atomic E-state index is 6.29. The minimum absolute atomic E-state index is 0.629. The Balaban J connectivity index is 1.85. The van der Waals surface area contributed by atoms with Crippen molar-refractivity contribution in [2.75, 3.05) is 5.73 Å². The van der Waals surface area contributed by atoms with Gasteiger partial charge >= 0.3 is 0 Å². The Hall–Kier alpha value is -0.990. The van der Waals surface area contributed by atoms with Gasteiger partial charge in [0, 0.05) is 18.9 Å². The van der Waals surface area contributed by atoms with E-state index in [1.165, 1.54) is 50.0 Å². The topological polar surface area (TPSA) is 43.8 Å². The van der Waals surface area contributed by atoms with Gasteiger partial charge in [0.1, 0.15) is 11.6 Å². The van der Waals surface area contributed by atoms with E-state index in [9.17, 15) is 0 Å². The summed E-state index contributed by atoms with van der Waals surface area (Å²) < 4.78 is 2.26. The highest BCUT2D eigenvalue weighted by molar-refractivity contribution is 5.41. The maximum Gasteiger partial charge on any atom is 0.127 e. The molecule has 94 valence electrons. The number of aromatic nitrogens is 2. The van der Waals surface area contributed by atoms with E-state index in [1.54, 1.807) is 0 Å². The lowest BCUT2D eigenvalue weighted by Gasteiger charge is -2.25. The van der Waals surface area contributed by atoms with E-state index in [2.05, 4.69) is 11.5 Å². The number of nitrogen functional groups attached to an aromatic ring is 1. The number of imidazole rings is 1. The molecule has 0 saturated heterocycles. The van der Waals surface area contributed by atoms with Gasteiger partial charge in [-0.3, -0.25) is 0 Å². The van der Waals surface area contributed by atoms with Crippen LogP contribution < -0.4 is 5.73 Å². The number of hydrogen-bond acceptors (Lipinski definition) is 2. The summed E-state index contributed by atoms with van der Waals surface area (Å²) in [6, 6.07) is 0. The summed E-state index contributed by atoms with van der Waals surface area (Å²) in [4.78, 5) is 4.84. The molecule has 1 saturated carbocycles. The molecule has 2 heterocycles. The maximum absolute atomic E-state index is 6.29. The highest BCUT2D eigenvalue weighted by atomic mass is 15.1. The van der Waals surface area contributed by atoms with Crippen LogP contribution in [-0.2, 0) is 13.0 Å². The van der Waals surface area contributed by atoms with E-state index in [0.717, 1.165) is 24.7 Å². The smallest absolute Gasteiger partial charge is 0.127 e. The van der Waals surface area contributed by atoms with E-state index in [1.807, 2.05) is 0 Å². The number of nitrogens with two attached hydrogens (primary N) is 1. The number of hydrogen-bond donors (Lipinski definition) is 1. The van der Waals surface area contributed by atoms with Crippen LogP contribution >= 0.6 is 0 Å². The highest BCUT2D eigenvalue weighted by Gasteiger charge is 2.26. The van der Waals surface area contributed by atoms with E-state index >= 15 is 0 Å². The minimum Gasteiger partial charge on any atom is -0.384 e. The summed E-state index contributed by atoms with van der Waals surface area (Å²) in [5.74, 6) is 3.73. The zero-order chi connectivity index (χ0) is 11.8. The van der Waals surface area contributed by atoms with Crippen molar-refractivity contribution in [2.24, 2.45) is 5.92 Å². The van der Waals surface area contributed by atoms with Crippen LogP contribution in [0.5, 0.6) is 0 Å². The van der Waals surface area contributed by atoms with Gasteiger partial charge in [0.15, 0.2) is 0 Å². The summed E-state index contributed by atoms with van der Waals surface area (Å²) in [5.41, 5.74) is 7.51. The third-order valence-electron chi connectivity index (χ3n) is 4.55. The molecule has 0 aromatic carbocycles. The Morgan fingerprint density at radius 3 is 2.65 bits per heavy atom. The molecule has 0 spiro atoms. The number of aryl methyl sites for hydroxylation is 1. The second-order valence-corrected chi connectivity index (χ2v) is 5.86. The predicted octanol–water partition coefficient (Wildman–Crippen LogP) is 3.10. The molecule has 0 atom stereocenters. The standard InChI is InChI=1S/C14H23N3/c1-10-5-7-11(8-6-10)13-14(15)17-9-3-2-4-12(17)16-13/h10-11H,2-9,15H2,1H3. The van der Waals surface area contributed by atoms with E-state index in [4.69, 9.17) is 10.7 Å². The van der Waals surface area contributed by atoms with Crippen molar-refractivity contribution in [3.05, 3.63) is 11.5 Å². The van der Waals surface area contributed by atoms with Crippen LogP contribution in [-0.4, -0.2) is 9.55 Å². The zero-order valence-electron chi connectivity index (χ0n) is 10.8. The van der Waals surface area contributed by atoms with Crippen molar-refractivity contribution >= 4 is 5.82 Å². The molecule has 1 aromatic heterocycles. The number of rotatable bonds is 1. The minimum atomic E-state index is 0.629. The first-order valence-corrected chi connectivity index (χ1v) is 7.10. The third-order valence-corrected chi connectivity index (χ3v) is 4.55. The van der Waals surface area contributed by atoms with Crippen LogP contribution in [0.15, 0.2) is 0 Å². The van der Waals surface area contributed by atoms with Crippen molar-refractivity contribution in [2.45, 2.75) is 64.3 Å². The molecule has 2 N–H and O–H groups in total. The van der Waals surface area contributed by atoms with Gasteiger partial charge in [0.25, 0.3) is 0 Å². The fourth-order valence-corrected chi connectivity index (χ4v) is 3.36. The molecule has 2 aliphatic rings. The first-order valence-electron chi connectivity index (χ1n) is 7.10. The fourth-order valence-electron chi connectivity index (χ4n) is 3.36. The Morgan fingerprint density at radius 2 is 1.94 bits per heavy atom. The SMILES string of the molecule is CC1CCC(c2nc3n(c2N)CCCC3)CC1. The molecule has 0 radical (unpaired) electrons. The summed E-state index contributed by atoms with van der Waals surface area (Å²) in [6.45, 7) is 3.44. The zero-order valence-corrected chi connectivity index (χ0v) is 10.8. The van der Waals surface area contributed by atoms with Gasteiger partial charge in [-0.25, -0.2) is 4.98 Å². The van der Waals surface area contributed by atoms with Gasteiger partial charge in [0.2, 0.25) is 0 Å². The van der Waals surface area contributed by atoms with Gasteiger partial charge < -0.3 is 10.3 Å². The molecule has 0 bridgehead atoms. The third kappa shape index (κ3) is 1.96. The van der Waals surface area contributed by atoms with Crippen molar-refractivity contribution in [3.63, 3.8) is 0 Å². The monoisotopic (exact) mass is 233 g/mol. The largest absolute Gasteiger partial charge is 0.384 e. The average molecular weight is 233 g/mol. The Bertz CT molecular complexity index is 400. The van der Waals surface area contributed by atoms with Crippen LogP contribution in [0, 0.1) is 5.92 Å². The van der Waals surface area contributed by atoms with Crippen molar-refractivity contribution in [3.8, 4) is 0 Å². The van der Waals surface area contributed by atoms with Gasteiger partial charge in [-0.05, 0) is 31.6 Å². The van der Waals surface area contributed by atoms with Crippen molar-refractivity contribution < 1.29 is 0 Å². The summed E-state index contributed by atoms with van der Waals surface area (Å²) in [7, 11) is 0. The number of nitrogens with zero attached hydrogens (tertiary/aromatic N) is 2. The van der Waals surface area contributed by atoms with E-state index < -0.39 is 0 Å². The molecule has 1 aliphatic heterocycles. The molecule has 3 nitrogen and oxygen atoms in total. The first kappa shape index (κ1) is 11.1. The predicted molar refractivity (Wildman–Crippen MR) is 70.0 cm³/mol. The molecule has 17 heavy (non-hydrogen) atoms. The van der Waals surface area contributed by atoms with E-state index in [0.29, 0.717) is 5.92 Å². The lowest BCUT2D eigenvalue weighted by atomic mass is 9.81. The number of anilines is 1. The van der Waals surface area contributed by atoms with Gasteiger partial charge in [-0.1, -0.05) is 19.8 Å². The lowest BCUT2D eigenvalue weighted by Crippen LogP contribution is -2.14. The molecule has 3 heteroatoms. The molecular weight excluding hydrogens is 210 g/mol. The Morgan fingerprint density at radius 1 is 1.18 bits per heavy atom. The lowest BCUT2D eigenvalue weighted by molar-refractivity contribution is 0.345. The molecular formula is C14H23N3. The second-order valence-electron chi connectivity index (χ2n) is 5.86. The summed E-state index contributed by atoms with van der Waals surface area (Å²) >= 11 is 0. The molecule has 0 amide bonds. The molecule has 0 unspecified atom stereocenters. The number of fused-ring (bicyclic) bond motifs is 1. The van der Waals surface area contributed by atoms with Gasteiger partial charge in [0.05, 0.1) is 5.69 Å². The van der Waals surface area contributed by atoms with Crippen LogP contribution in [0.25, 0.3) is 0 Å². The Labute approximate surface area is 103 Å². The normalized spacial score (nSPS) is 29.0. The summed E-state index contributed by atoms with van der Waals surface area (Å²) in [6.07, 6.45) is 8.89. The van der Waals surface area contributed by atoms with E-state index in [-0.39, 0.29) is 0 Å². The van der Waals surface area contributed by atoms with Crippen molar-refractivity contribution in [1.82, 2.24) is 9.55 Å². The van der Waals surface area contributed by atoms with Crippen LogP contribution in [0.3, 0.4) is 0 Å². The highest BCUT2D eigenvalue weighted by Crippen LogP contribution is 2.38. The molecule has 1 aromatic rings.